The van der Waals surface area contributed by atoms with Crippen LogP contribution in [0.1, 0.15) is 11.6 Å². The second-order valence-electron chi connectivity index (χ2n) is 7.32. The quantitative estimate of drug-likeness (QED) is 0.391. The van der Waals surface area contributed by atoms with E-state index in [0.717, 1.165) is 6.41 Å². The van der Waals surface area contributed by atoms with E-state index < -0.39 is 16.9 Å². The van der Waals surface area contributed by atoms with Crippen molar-refractivity contribution in [3.63, 3.8) is 0 Å². The molecule has 2 heterocycles. The van der Waals surface area contributed by atoms with Crippen LogP contribution in [-0.4, -0.2) is 67.1 Å². The Kier molecular flexibility index (Phi) is 6.08. The third-order valence-electron chi connectivity index (χ3n) is 5.48. The Morgan fingerprint density at radius 3 is 2.41 bits per heavy atom. The van der Waals surface area contributed by atoms with E-state index >= 15 is 0 Å². The van der Waals surface area contributed by atoms with Crippen molar-refractivity contribution in [1.29, 1.82) is 0 Å². The first-order valence-corrected chi connectivity index (χ1v) is 9.96. The highest BCUT2D eigenvalue weighted by Crippen LogP contribution is 2.42. The smallest absolute Gasteiger partial charge is 0.278 e. The van der Waals surface area contributed by atoms with Crippen molar-refractivity contribution in [3.8, 4) is 17.2 Å². The summed E-state index contributed by atoms with van der Waals surface area (Å²) in [7, 11) is 1.54. The summed E-state index contributed by atoms with van der Waals surface area (Å²) in [5, 5.41) is 14.7. The van der Waals surface area contributed by atoms with Crippen molar-refractivity contribution in [1.82, 2.24) is 9.80 Å². The van der Waals surface area contributed by atoms with E-state index in [-0.39, 0.29) is 23.8 Å². The average Bonchev–Trinajstić information content (AvgIpc) is 3.27. The van der Waals surface area contributed by atoms with Gasteiger partial charge in [-0.2, -0.15) is 0 Å². The van der Waals surface area contributed by atoms with Gasteiger partial charge in [-0.3, -0.25) is 24.6 Å². The van der Waals surface area contributed by atoms with Gasteiger partial charge in [-0.05, 0) is 30.3 Å². The lowest BCUT2D eigenvalue weighted by molar-refractivity contribution is -0.386. The lowest BCUT2D eigenvalue weighted by atomic mass is 10.00. The molecule has 1 N–H and O–H groups in total. The van der Waals surface area contributed by atoms with E-state index in [0.29, 0.717) is 43.4 Å². The molecule has 11 nitrogen and oxygen atoms in total. The zero-order valence-corrected chi connectivity index (χ0v) is 17.4. The Hall–Kier alpha value is -3.86. The number of fused-ring (bicyclic) bond motifs is 1. The third-order valence-corrected chi connectivity index (χ3v) is 5.48. The standard InChI is InChI=1S/C21H22N4O7/c1-30-15-4-2-14(3-5-15)22-21(27)20(24-8-6-23(12-26)7-9-24)16-10-18-19(32-13-31-18)11-17(16)25(28)29/h2-5,10-12,20H,6-9,13H2,1H3,(H,22,27)/t20-/m1/s1. The second kappa shape index (κ2) is 9.10. The number of benzene rings is 2. The fraction of sp³-hybridized carbons (Fsp3) is 0.333. The number of carbonyl (C=O) groups is 2. The number of amides is 2. The van der Waals surface area contributed by atoms with Gasteiger partial charge < -0.3 is 24.4 Å². The minimum absolute atomic E-state index is 0.0450. The summed E-state index contributed by atoms with van der Waals surface area (Å²) < 4.78 is 15.8. The maximum atomic E-state index is 13.4. The van der Waals surface area contributed by atoms with Gasteiger partial charge in [0.25, 0.3) is 5.69 Å². The Labute approximate surface area is 183 Å². The van der Waals surface area contributed by atoms with Crippen LogP contribution >= 0.6 is 0 Å². The zero-order chi connectivity index (χ0) is 22.7. The van der Waals surface area contributed by atoms with Crippen molar-refractivity contribution in [2.75, 3.05) is 45.4 Å². The summed E-state index contributed by atoms with van der Waals surface area (Å²) in [5.41, 5.74) is 0.488. The number of ether oxygens (including phenoxy) is 3. The first kappa shape index (κ1) is 21.4. The molecule has 1 saturated heterocycles. The molecule has 2 aromatic carbocycles. The first-order valence-electron chi connectivity index (χ1n) is 9.96. The minimum Gasteiger partial charge on any atom is -0.497 e. The van der Waals surface area contributed by atoms with Gasteiger partial charge in [0.05, 0.1) is 23.7 Å². The number of methoxy groups -OCH3 is 1. The lowest BCUT2D eigenvalue weighted by Gasteiger charge is -2.37. The molecule has 168 valence electrons. The van der Waals surface area contributed by atoms with Crippen molar-refractivity contribution < 1.29 is 28.7 Å². The first-order chi connectivity index (χ1) is 15.5. The number of hydrogen-bond acceptors (Lipinski definition) is 8. The summed E-state index contributed by atoms with van der Waals surface area (Å²) in [5.74, 6) is 0.813. The molecule has 2 aromatic rings. The predicted octanol–water partition coefficient (Wildman–Crippen LogP) is 1.79. The summed E-state index contributed by atoms with van der Waals surface area (Å²) in [4.78, 5) is 39.3. The number of hydrogen-bond donors (Lipinski definition) is 1. The minimum atomic E-state index is -0.971. The number of nitrogens with zero attached hydrogens (tertiary/aromatic N) is 3. The van der Waals surface area contributed by atoms with E-state index in [4.69, 9.17) is 14.2 Å². The summed E-state index contributed by atoms with van der Waals surface area (Å²) in [6, 6.07) is 8.59. The maximum absolute atomic E-state index is 13.4. The number of carbonyl (C=O) groups excluding carboxylic acids is 2. The van der Waals surface area contributed by atoms with Crippen LogP contribution in [0.25, 0.3) is 0 Å². The van der Waals surface area contributed by atoms with Crippen LogP contribution in [0.4, 0.5) is 11.4 Å². The van der Waals surface area contributed by atoms with Gasteiger partial charge in [0.1, 0.15) is 11.8 Å². The van der Waals surface area contributed by atoms with Crippen LogP contribution in [-0.2, 0) is 9.59 Å². The molecule has 0 radical (unpaired) electrons. The van der Waals surface area contributed by atoms with Crippen LogP contribution < -0.4 is 19.5 Å². The molecule has 11 heteroatoms. The normalized spacial score (nSPS) is 16.3. The molecule has 1 atom stereocenters. The van der Waals surface area contributed by atoms with Gasteiger partial charge in [0, 0.05) is 31.9 Å². The fourth-order valence-electron chi connectivity index (χ4n) is 3.81. The van der Waals surface area contributed by atoms with E-state index in [1.165, 1.54) is 12.1 Å². The van der Waals surface area contributed by atoms with Crippen LogP contribution in [0, 0.1) is 10.1 Å². The Bertz CT molecular complexity index is 1020. The number of nitro groups is 1. The summed E-state index contributed by atoms with van der Waals surface area (Å²) >= 11 is 0. The molecule has 0 aromatic heterocycles. The van der Waals surface area contributed by atoms with Crippen molar-refractivity contribution in [3.05, 3.63) is 52.1 Å². The summed E-state index contributed by atoms with van der Waals surface area (Å²) in [6.07, 6.45) is 0.757. The maximum Gasteiger partial charge on any atom is 0.278 e. The molecule has 0 unspecified atom stereocenters. The Morgan fingerprint density at radius 1 is 1.16 bits per heavy atom. The van der Waals surface area contributed by atoms with E-state index in [2.05, 4.69) is 5.32 Å². The molecule has 32 heavy (non-hydrogen) atoms. The van der Waals surface area contributed by atoms with E-state index in [1.807, 2.05) is 4.90 Å². The molecule has 4 rings (SSSR count). The van der Waals surface area contributed by atoms with Gasteiger partial charge in [-0.25, -0.2) is 0 Å². The molecule has 2 aliphatic rings. The summed E-state index contributed by atoms with van der Waals surface area (Å²) in [6.45, 7) is 1.54. The van der Waals surface area contributed by atoms with E-state index in [9.17, 15) is 19.7 Å². The number of rotatable bonds is 7. The highest BCUT2D eigenvalue weighted by atomic mass is 16.7. The monoisotopic (exact) mass is 442 g/mol. The fourth-order valence-corrected chi connectivity index (χ4v) is 3.81. The highest BCUT2D eigenvalue weighted by Gasteiger charge is 2.37. The topological polar surface area (TPSA) is 123 Å². The van der Waals surface area contributed by atoms with Gasteiger partial charge in [0.2, 0.25) is 19.1 Å². The highest BCUT2D eigenvalue weighted by molar-refractivity contribution is 5.96. The molecule has 1 fully saturated rings. The van der Waals surface area contributed by atoms with Crippen LogP contribution in [0.2, 0.25) is 0 Å². The van der Waals surface area contributed by atoms with Crippen molar-refractivity contribution in [2.45, 2.75) is 6.04 Å². The number of nitro benzene ring substituents is 1. The second-order valence-corrected chi connectivity index (χ2v) is 7.32. The zero-order valence-electron chi connectivity index (χ0n) is 17.4. The van der Waals surface area contributed by atoms with Crippen molar-refractivity contribution >= 4 is 23.7 Å². The molecule has 0 saturated carbocycles. The van der Waals surface area contributed by atoms with Crippen LogP contribution in [0.3, 0.4) is 0 Å². The van der Waals surface area contributed by atoms with Gasteiger partial charge in [-0.15, -0.1) is 0 Å². The Balaban J connectivity index is 1.70. The molecule has 0 bridgehead atoms. The van der Waals surface area contributed by atoms with Gasteiger partial charge >= 0.3 is 0 Å². The van der Waals surface area contributed by atoms with Gasteiger partial charge in [-0.1, -0.05) is 0 Å². The SMILES string of the molecule is COc1ccc(NC(=O)[C@@H](c2cc3c(cc2[N+](=O)[O-])OCO3)N2CCN(C=O)CC2)cc1. The average molecular weight is 442 g/mol. The van der Waals surface area contributed by atoms with Crippen LogP contribution in [0.15, 0.2) is 36.4 Å². The van der Waals surface area contributed by atoms with Gasteiger partial charge in [0.15, 0.2) is 11.5 Å². The molecule has 2 amide bonds. The molecule has 0 aliphatic carbocycles. The molecule has 0 spiro atoms. The predicted molar refractivity (Wildman–Crippen MR) is 113 cm³/mol. The van der Waals surface area contributed by atoms with Crippen LogP contribution in [0.5, 0.6) is 17.2 Å². The number of nitrogens with one attached hydrogen (secondary N) is 1. The van der Waals surface area contributed by atoms with E-state index in [1.54, 1.807) is 36.3 Å². The number of piperazine rings is 1. The Morgan fingerprint density at radius 2 is 1.81 bits per heavy atom. The largest absolute Gasteiger partial charge is 0.497 e. The molecular formula is C21H22N4O7. The molecule has 2 aliphatic heterocycles. The third kappa shape index (κ3) is 4.28. The lowest BCUT2D eigenvalue weighted by Crippen LogP contribution is -2.49. The van der Waals surface area contributed by atoms with Crippen molar-refractivity contribution in [2.24, 2.45) is 0 Å². The molecular weight excluding hydrogens is 420 g/mol. The number of anilines is 1.